The predicted octanol–water partition coefficient (Wildman–Crippen LogP) is 0.989. The van der Waals surface area contributed by atoms with E-state index in [9.17, 15) is 4.79 Å². The van der Waals surface area contributed by atoms with Crippen LogP contribution in [0, 0.1) is 0 Å². The Hall–Kier alpha value is -1.07. The van der Waals surface area contributed by atoms with Crippen molar-refractivity contribution in [1.82, 2.24) is 0 Å². The zero-order valence-corrected chi connectivity index (χ0v) is 8.36. The first-order valence-corrected chi connectivity index (χ1v) is 4.28. The third-order valence-corrected chi connectivity index (χ3v) is 1.20. The molecule has 5 heteroatoms. The van der Waals surface area contributed by atoms with Crippen LogP contribution in [0.15, 0.2) is 12.7 Å². The zero-order valence-electron chi connectivity index (χ0n) is 8.36. The maximum Gasteiger partial charge on any atom is 0.508 e. The molecular weight excluding hydrogens is 188 g/mol. The molecule has 82 valence electrons. The fraction of sp³-hybridized carbons (Fsp3) is 0.667. The lowest BCUT2D eigenvalue weighted by molar-refractivity contribution is 0.0189. The first kappa shape index (κ1) is 12.9. The average Bonchev–Trinajstić information content (AvgIpc) is 2.20. The van der Waals surface area contributed by atoms with Gasteiger partial charge in [-0.25, -0.2) is 4.79 Å². The second-order valence-corrected chi connectivity index (χ2v) is 2.30. The monoisotopic (exact) mass is 204 g/mol. The van der Waals surface area contributed by atoms with Crippen LogP contribution in [-0.2, 0) is 18.9 Å². The van der Waals surface area contributed by atoms with E-state index in [1.54, 1.807) is 7.11 Å². The highest BCUT2D eigenvalue weighted by Gasteiger charge is 2.00. The topological polar surface area (TPSA) is 54.0 Å². The minimum Gasteiger partial charge on any atom is -0.432 e. The van der Waals surface area contributed by atoms with Crippen molar-refractivity contribution >= 4 is 6.16 Å². The highest BCUT2D eigenvalue weighted by atomic mass is 16.7. The number of carbonyl (C=O) groups excluding carboxylic acids is 1. The molecular formula is C9H16O5. The number of rotatable bonds is 8. The van der Waals surface area contributed by atoms with E-state index in [0.717, 1.165) is 0 Å². The van der Waals surface area contributed by atoms with Crippen molar-refractivity contribution in [3.63, 3.8) is 0 Å². The average molecular weight is 204 g/mol. The molecule has 0 radical (unpaired) electrons. The summed E-state index contributed by atoms with van der Waals surface area (Å²) in [6.45, 7) is 5.08. The van der Waals surface area contributed by atoms with Gasteiger partial charge in [-0.2, -0.15) is 0 Å². The van der Waals surface area contributed by atoms with Crippen molar-refractivity contribution in [2.45, 2.75) is 0 Å². The van der Waals surface area contributed by atoms with Crippen LogP contribution in [0.4, 0.5) is 4.79 Å². The Morgan fingerprint density at radius 1 is 1.21 bits per heavy atom. The van der Waals surface area contributed by atoms with Crippen molar-refractivity contribution in [2.75, 3.05) is 40.1 Å². The van der Waals surface area contributed by atoms with Crippen LogP contribution in [0.3, 0.4) is 0 Å². The lowest BCUT2D eigenvalue weighted by Gasteiger charge is -2.05. The largest absolute Gasteiger partial charge is 0.508 e. The van der Waals surface area contributed by atoms with E-state index >= 15 is 0 Å². The van der Waals surface area contributed by atoms with Crippen molar-refractivity contribution in [2.24, 2.45) is 0 Å². The summed E-state index contributed by atoms with van der Waals surface area (Å²) in [6.07, 6.45) is 0.760. The molecule has 0 rings (SSSR count). The van der Waals surface area contributed by atoms with E-state index in [1.165, 1.54) is 6.08 Å². The van der Waals surface area contributed by atoms with Gasteiger partial charge in [0.1, 0.15) is 13.2 Å². The molecule has 0 aromatic heterocycles. The fourth-order valence-electron chi connectivity index (χ4n) is 0.597. The third kappa shape index (κ3) is 9.02. The normalized spacial score (nSPS) is 9.50. The van der Waals surface area contributed by atoms with Gasteiger partial charge in [0.25, 0.3) is 0 Å². The Labute approximate surface area is 83.6 Å². The maximum atomic E-state index is 10.7. The molecule has 0 saturated carbocycles. The van der Waals surface area contributed by atoms with Crippen molar-refractivity contribution < 1.29 is 23.7 Å². The Morgan fingerprint density at radius 3 is 2.57 bits per heavy atom. The Kier molecular flexibility index (Phi) is 9.25. The molecule has 0 aromatic carbocycles. The van der Waals surface area contributed by atoms with Crippen LogP contribution in [0.1, 0.15) is 0 Å². The second kappa shape index (κ2) is 10.0. The molecule has 0 aromatic rings. The van der Waals surface area contributed by atoms with Gasteiger partial charge in [-0.15, -0.1) is 0 Å². The van der Waals surface area contributed by atoms with Gasteiger partial charge in [0.05, 0.1) is 19.8 Å². The van der Waals surface area contributed by atoms with Crippen LogP contribution >= 0.6 is 0 Å². The first-order valence-electron chi connectivity index (χ1n) is 4.28. The van der Waals surface area contributed by atoms with E-state index in [4.69, 9.17) is 9.47 Å². The molecule has 0 unspecified atom stereocenters. The molecule has 0 aliphatic heterocycles. The summed E-state index contributed by atoms with van der Waals surface area (Å²) in [7, 11) is 1.59. The summed E-state index contributed by atoms with van der Waals surface area (Å²) in [5.74, 6) is 0. The molecule has 0 aliphatic carbocycles. The van der Waals surface area contributed by atoms with Gasteiger partial charge in [0, 0.05) is 7.11 Å². The molecule has 0 saturated heterocycles. The lowest BCUT2D eigenvalue weighted by Crippen LogP contribution is -2.13. The van der Waals surface area contributed by atoms with Gasteiger partial charge in [-0.1, -0.05) is 12.7 Å². The molecule has 0 fully saturated rings. The fourth-order valence-corrected chi connectivity index (χ4v) is 0.597. The van der Waals surface area contributed by atoms with Crippen LogP contribution in [0.2, 0.25) is 0 Å². The van der Waals surface area contributed by atoms with Gasteiger partial charge in [-0.05, 0) is 0 Å². The number of hydrogen-bond acceptors (Lipinski definition) is 5. The number of carbonyl (C=O) groups is 1. The summed E-state index contributed by atoms with van der Waals surface area (Å²) in [6, 6.07) is 0. The van der Waals surface area contributed by atoms with Crippen molar-refractivity contribution in [3.8, 4) is 0 Å². The molecule has 0 bridgehead atoms. The van der Waals surface area contributed by atoms with E-state index in [1.807, 2.05) is 0 Å². The number of methoxy groups -OCH3 is 1. The summed E-state index contributed by atoms with van der Waals surface area (Å²) in [4.78, 5) is 10.7. The third-order valence-electron chi connectivity index (χ3n) is 1.20. The van der Waals surface area contributed by atoms with Crippen molar-refractivity contribution in [3.05, 3.63) is 12.7 Å². The molecule has 0 atom stereocenters. The Balaban J connectivity index is 3.10. The van der Waals surface area contributed by atoms with E-state index in [0.29, 0.717) is 19.8 Å². The smallest absolute Gasteiger partial charge is 0.432 e. The minimum absolute atomic E-state index is 0.156. The highest BCUT2D eigenvalue weighted by molar-refractivity contribution is 5.59. The quantitative estimate of drug-likeness (QED) is 0.335. The molecule has 14 heavy (non-hydrogen) atoms. The van der Waals surface area contributed by atoms with Crippen LogP contribution in [0.5, 0.6) is 0 Å². The summed E-state index contributed by atoms with van der Waals surface area (Å²) in [5.41, 5.74) is 0. The molecule has 0 spiro atoms. The van der Waals surface area contributed by atoms with Crippen molar-refractivity contribution in [1.29, 1.82) is 0 Å². The van der Waals surface area contributed by atoms with Crippen LogP contribution in [-0.4, -0.2) is 46.3 Å². The van der Waals surface area contributed by atoms with Crippen LogP contribution < -0.4 is 0 Å². The first-order chi connectivity index (χ1) is 6.81. The number of hydrogen-bond donors (Lipinski definition) is 0. The van der Waals surface area contributed by atoms with Gasteiger partial charge < -0.3 is 18.9 Å². The van der Waals surface area contributed by atoms with Crippen LogP contribution in [0.25, 0.3) is 0 Å². The maximum absolute atomic E-state index is 10.7. The minimum atomic E-state index is -0.708. The summed E-state index contributed by atoms with van der Waals surface area (Å²) >= 11 is 0. The molecule has 0 amide bonds. The number of ether oxygens (including phenoxy) is 4. The molecule has 0 aliphatic rings. The highest BCUT2D eigenvalue weighted by Crippen LogP contribution is 1.86. The standard InChI is InChI=1S/C9H16O5/c1-3-4-13-9(10)14-8-7-12-6-5-11-2/h3H,1,4-8H2,2H3. The van der Waals surface area contributed by atoms with Gasteiger partial charge >= 0.3 is 6.16 Å². The Bertz CT molecular complexity index is 157. The molecule has 0 N–H and O–H groups in total. The van der Waals surface area contributed by atoms with E-state index in [2.05, 4.69) is 16.1 Å². The summed E-state index contributed by atoms with van der Waals surface area (Å²) in [5, 5.41) is 0. The lowest BCUT2D eigenvalue weighted by atomic mass is 10.7. The van der Waals surface area contributed by atoms with Gasteiger partial charge in [0.2, 0.25) is 0 Å². The second-order valence-electron chi connectivity index (χ2n) is 2.30. The molecule has 0 heterocycles. The Morgan fingerprint density at radius 2 is 1.93 bits per heavy atom. The van der Waals surface area contributed by atoms with Gasteiger partial charge in [0.15, 0.2) is 0 Å². The predicted molar refractivity (Wildman–Crippen MR) is 50.2 cm³/mol. The van der Waals surface area contributed by atoms with E-state index in [-0.39, 0.29) is 13.2 Å². The molecule has 5 nitrogen and oxygen atoms in total. The van der Waals surface area contributed by atoms with Gasteiger partial charge in [-0.3, -0.25) is 0 Å². The zero-order chi connectivity index (χ0) is 10.6. The van der Waals surface area contributed by atoms with E-state index < -0.39 is 6.16 Å². The SMILES string of the molecule is C=CCOC(=O)OCCOCCOC. The summed E-state index contributed by atoms with van der Waals surface area (Å²) < 4.78 is 19.0.